The molecule has 4 nitrogen and oxygen atoms in total. The highest BCUT2D eigenvalue weighted by Gasteiger charge is 2.27. The number of rotatable bonds is 5. The zero-order valence-electron chi connectivity index (χ0n) is 30.7. The second kappa shape index (κ2) is 13.0. The minimum Gasteiger partial charge on any atom is -0.350 e. The normalized spacial score (nSPS) is 15.9. The minimum absolute atomic E-state index is 0.134. The van der Waals surface area contributed by atoms with Crippen LogP contribution in [0, 0.1) is 0 Å². The number of aliphatic imine (C=N–C) groups is 1. The topological polar surface area (TPSA) is 41.4 Å². The molecule has 2 unspecified atom stereocenters. The molecule has 0 spiro atoms. The van der Waals surface area contributed by atoms with Gasteiger partial charge in [0.1, 0.15) is 18.2 Å². The average Bonchev–Trinajstić information content (AvgIpc) is 3.96. The van der Waals surface area contributed by atoms with Crippen molar-refractivity contribution >= 4 is 90.7 Å². The first-order valence-corrected chi connectivity index (χ1v) is 21.0. The molecule has 12 rings (SSSR count). The van der Waals surface area contributed by atoms with E-state index in [2.05, 4.69) is 197 Å². The zero-order chi connectivity index (χ0) is 37.5. The van der Waals surface area contributed by atoms with E-state index in [9.17, 15) is 0 Å². The number of hydrogen-bond acceptors (Lipinski definition) is 5. The Morgan fingerprint density at radius 2 is 1.16 bits per heavy atom. The maximum absolute atomic E-state index is 5.15. The lowest BCUT2D eigenvalue weighted by atomic mass is 10.00. The third-order valence-corrected chi connectivity index (χ3v) is 13.9. The molecule has 3 aromatic heterocycles. The molecule has 0 bridgehead atoms. The van der Waals surface area contributed by atoms with Crippen molar-refractivity contribution in [3.63, 3.8) is 0 Å². The SMILES string of the molecule is c1ccc(C2=NC(c3ccccc3)NC(c3cccc4c3sc3c(-c5ccc6c(c5)sc5ccc(-n7c8ccccc8c8ccccc87)cc56)cccc34)N2)cc1. The average molecular weight is 767 g/mol. The summed E-state index contributed by atoms with van der Waals surface area (Å²) in [6, 6.07) is 66.0. The summed E-state index contributed by atoms with van der Waals surface area (Å²) in [7, 11) is 0. The van der Waals surface area contributed by atoms with Gasteiger partial charge in [-0.3, -0.25) is 5.32 Å². The number of aromatic nitrogens is 1. The van der Waals surface area contributed by atoms with E-state index >= 15 is 0 Å². The summed E-state index contributed by atoms with van der Waals surface area (Å²) in [5, 5.41) is 15.3. The number of nitrogens with zero attached hydrogens (tertiary/aromatic N) is 2. The Morgan fingerprint density at radius 1 is 0.474 bits per heavy atom. The first-order chi connectivity index (χ1) is 28.2. The van der Waals surface area contributed by atoms with Gasteiger partial charge in [-0.1, -0.05) is 146 Å². The van der Waals surface area contributed by atoms with Gasteiger partial charge in [0, 0.05) is 67.9 Å². The summed E-state index contributed by atoms with van der Waals surface area (Å²) in [4.78, 5) is 5.15. The van der Waals surface area contributed by atoms with E-state index in [1.165, 1.54) is 84.5 Å². The van der Waals surface area contributed by atoms with Gasteiger partial charge in [0.25, 0.3) is 0 Å². The van der Waals surface area contributed by atoms with E-state index < -0.39 is 0 Å². The van der Waals surface area contributed by atoms with Gasteiger partial charge in [-0.05, 0) is 53.1 Å². The predicted molar refractivity (Wildman–Crippen MR) is 243 cm³/mol. The van der Waals surface area contributed by atoms with Crippen molar-refractivity contribution in [2.24, 2.45) is 4.99 Å². The van der Waals surface area contributed by atoms with Crippen LogP contribution in [0.15, 0.2) is 187 Å². The summed E-state index contributed by atoms with van der Waals surface area (Å²) in [5.41, 5.74) is 9.61. The Labute approximate surface area is 337 Å². The van der Waals surface area contributed by atoms with Crippen molar-refractivity contribution in [1.29, 1.82) is 0 Å². The Morgan fingerprint density at radius 3 is 1.95 bits per heavy atom. The lowest BCUT2D eigenvalue weighted by Crippen LogP contribution is -2.45. The monoisotopic (exact) mass is 766 g/mol. The number of nitrogens with one attached hydrogen (secondary N) is 2. The number of hydrogen-bond donors (Lipinski definition) is 2. The van der Waals surface area contributed by atoms with Crippen molar-refractivity contribution < 1.29 is 0 Å². The standard InChI is InChI=1S/C51H34N4S2/c1-3-13-31(14-4-1)49-52-50(32-15-5-2-6-16-32)54-51(53-49)41-22-12-21-40-39-20-11-19-35(47(39)57-48(40)41)33-25-27-38-42-30-34(26-28-45(42)56-46(38)29-33)55-43-23-9-7-17-36(43)37-18-8-10-24-44(37)55/h1-30,49,51,53H,(H,52,54). The number of benzene rings is 8. The van der Waals surface area contributed by atoms with E-state index in [-0.39, 0.29) is 12.3 Å². The Kier molecular flexibility index (Phi) is 7.45. The predicted octanol–water partition coefficient (Wildman–Crippen LogP) is 13.5. The fourth-order valence-corrected chi connectivity index (χ4v) is 11.3. The largest absolute Gasteiger partial charge is 0.350 e. The van der Waals surface area contributed by atoms with Gasteiger partial charge in [-0.25, -0.2) is 4.99 Å². The summed E-state index contributed by atoms with van der Waals surface area (Å²) in [6.07, 6.45) is -0.315. The molecule has 0 fully saturated rings. The van der Waals surface area contributed by atoms with E-state index in [4.69, 9.17) is 4.99 Å². The molecule has 0 aliphatic carbocycles. The zero-order valence-corrected chi connectivity index (χ0v) is 32.3. The fraction of sp³-hybridized carbons (Fsp3) is 0.0392. The van der Waals surface area contributed by atoms with Crippen LogP contribution in [0.4, 0.5) is 0 Å². The van der Waals surface area contributed by atoms with Crippen LogP contribution in [-0.4, -0.2) is 10.4 Å². The lowest BCUT2D eigenvalue weighted by molar-refractivity contribution is 0.411. The molecule has 6 heteroatoms. The van der Waals surface area contributed by atoms with Crippen LogP contribution in [0.5, 0.6) is 0 Å². The number of thiophene rings is 2. The second-order valence-electron chi connectivity index (χ2n) is 14.8. The van der Waals surface area contributed by atoms with E-state index in [1.54, 1.807) is 0 Å². The van der Waals surface area contributed by atoms with E-state index in [0.29, 0.717) is 0 Å². The molecule has 0 saturated carbocycles. The summed E-state index contributed by atoms with van der Waals surface area (Å²) < 4.78 is 7.61. The first-order valence-electron chi connectivity index (χ1n) is 19.4. The van der Waals surface area contributed by atoms with E-state index in [1.807, 2.05) is 22.7 Å². The summed E-state index contributed by atoms with van der Waals surface area (Å²) in [6.45, 7) is 0. The van der Waals surface area contributed by atoms with Gasteiger partial charge >= 0.3 is 0 Å². The molecule has 57 heavy (non-hydrogen) atoms. The molecule has 1 aliphatic heterocycles. The van der Waals surface area contributed by atoms with Crippen LogP contribution in [-0.2, 0) is 0 Å². The molecule has 1 aliphatic rings. The highest BCUT2D eigenvalue weighted by Crippen LogP contribution is 2.45. The van der Waals surface area contributed by atoms with Gasteiger partial charge in [0.05, 0.1) is 11.0 Å². The third-order valence-electron chi connectivity index (χ3n) is 11.5. The molecule has 0 amide bonds. The van der Waals surface area contributed by atoms with Gasteiger partial charge in [-0.2, -0.15) is 0 Å². The molecule has 0 radical (unpaired) electrons. The van der Waals surface area contributed by atoms with Crippen LogP contribution in [0.25, 0.3) is 79.0 Å². The van der Waals surface area contributed by atoms with Crippen LogP contribution in [0.2, 0.25) is 0 Å². The van der Waals surface area contributed by atoms with Gasteiger partial charge in [0.2, 0.25) is 0 Å². The molecular formula is C51H34N4S2. The quantitative estimate of drug-likeness (QED) is 0.183. The lowest BCUT2D eigenvalue weighted by Gasteiger charge is -2.32. The second-order valence-corrected chi connectivity index (χ2v) is 16.9. The maximum Gasteiger partial charge on any atom is 0.131 e. The Hall–Kier alpha value is -6.57. The molecule has 2 N–H and O–H groups in total. The van der Waals surface area contributed by atoms with Crippen molar-refractivity contribution in [3.05, 3.63) is 199 Å². The van der Waals surface area contributed by atoms with Crippen LogP contribution < -0.4 is 10.6 Å². The van der Waals surface area contributed by atoms with Crippen molar-refractivity contribution in [2.75, 3.05) is 0 Å². The van der Waals surface area contributed by atoms with Gasteiger partial charge in [-0.15, -0.1) is 22.7 Å². The Bertz CT molecular complexity index is 3320. The number of para-hydroxylation sites is 2. The smallest absolute Gasteiger partial charge is 0.131 e. The molecule has 4 heterocycles. The fourth-order valence-electron chi connectivity index (χ4n) is 8.84. The van der Waals surface area contributed by atoms with Crippen LogP contribution >= 0.6 is 22.7 Å². The summed E-state index contributed by atoms with van der Waals surface area (Å²) >= 11 is 3.77. The minimum atomic E-state index is -0.182. The third kappa shape index (κ3) is 5.26. The highest BCUT2D eigenvalue weighted by atomic mass is 32.1. The molecule has 0 saturated heterocycles. The van der Waals surface area contributed by atoms with Gasteiger partial charge < -0.3 is 9.88 Å². The molecule has 270 valence electrons. The van der Waals surface area contributed by atoms with Crippen molar-refractivity contribution in [3.8, 4) is 16.8 Å². The number of amidine groups is 1. The van der Waals surface area contributed by atoms with E-state index in [0.717, 1.165) is 17.0 Å². The van der Waals surface area contributed by atoms with Crippen molar-refractivity contribution in [2.45, 2.75) is 12.3 Å². The molecule has 11 aromatic rings. The molecular weight excluding hydrogens is 733 g/mol. The first kappa shape index (κ1) is 32.7. The molecule has 2 atom stereocenters. The summed E-state index contributed by atoms with van der Waals surface area (Å²) in [5.74, 6) is 0.894. The van der Waals surface area contributed by atoms with Crippen LogP contribution in [0.1, 0.15) is 29.0 Å². The maximum atomic E-state index is 5.15. The highest BCUT2D eigenvalue weighted by molar-refractivity contribution is 7.26. The van der Waals surface area contributed by atoms with Crippen LogP contribution in [0.3, 0.4) is 0 Å². The molecule has 8 aromatic carbocycles. The van der Waals surface area contributed by atoms with Gasteiger partial charge in [0.15, 0.2) is 0 Å². The van der Waals surface area contributed by atoms with Crippen molar-refractivity contribution in [1.82, 2.24) is 15.2 Å². The Balaban J connectivity index is 0.955. The number of fused-ring (bicyclic) bond motifs is 9.